The molecule has 0 saturated carbocycles. The van der Waals surface area contributed by atoms with Crippen LogP contribution < -0.4 is 9.64 Å². The first kappa shape index (κ1) is 25.4. The maximum atomic E-state index is 13.6. The molecular formula is C29H19Cl3N2O2S. The van der Waals surface area contributed by atoms with Gasteiger partial charge in [-0.2, -0.15) is 0 Å². The molecule has 0 unspecified atom stereocenters. The van der Waals surface area contributed by atoms with E-state index in [0.717, 1.165) is 11.1 Å². The largest absolute Gasteiger partial charge is 0.488 e. The molecule has 0 aromatic heterocycles. The summed E-state index contributed by atoms with van der Waals surface area (Å²) in [5, 5.41) is 2.38. The van der Waals surface area contributed by atoms with Crippen LogP contribution in [0, 0.1) is 0 Å². The molecule has 4 aromatic rings. The van der Waals surface area contributed by atoms with Crippen molar-refractivity contribution in [2.24, 2.45) is 4.99 Å². The summed E-state index contributed by atoms with van der Waals surface area (Å²) in [7, 11) is 0. The molecule has 1 fully saturated rings. The van der Waals surface area contributed by atoms with Gasteiger partial charge in [0.05, 0.1) is 16.3 Å². The standard InChI is InChI=1S/C29H19Cl3N2O2S/c30-21-8-12-24(13-9-21)33-29-34(25-14-10-22(31)11-15-25)28(35)27(37-29)17-20-5-1-2-7-26(20)36-18-19-4-3-6-23(32)16-19/h1-17H,18H2/b27-17-,33-29?. The van der Waals surface area contributed by atoms with Crippen LogP contribution in [0.25, 0.3) is 6.08 Å². The highest BCUT2D eigenvalue weighted by molar-refractivity contribution is 8.19. The molecule has 0 aliphatic carbocycles. The fourth-order valence-corrected chi connectivity index (χ4v) is 5.11. The molecule has 8 heteroatoms. The molecule has 1 aliphatic heterocycles. The Kier molecular flexibility index (Phi) is 7.87. The highest BCUT2D eigenvalue weighted by atomic mass is 35.5. The zero-order valence-electron chi connectivity index (χ0n) is 19.3. The second-order valence-electron chi connectivity index (χ2n) is 8.05. The van der Waals surface area contributed by atoms with E-state index in [-0.39, 0.29) is 5.91 Å². The fraction of sp³-hybridized carbons (Fsp3) is 0.0345. The van der Waals surface area contributed by atoms with E-state index in [1.165, 1.54) is 11.8 Å². The van der Waals surface area contributed by atoms with Gasteiger partial charge in [0.1, 0.15) is 12.4 Å². The minimum atomic E-state index is -0.190. The summed E-state index contributed by atoms with van der Waals surface area (Å²) in [6, 6.07) is 29.3. The Morgan fingerprint density at radius 2 is 1.51 bits per heavy atom. The monoisotopic (exact) mass is 564 g/mol. The predicted octanol–water partition coefficient (Wildman–Crippen LogP) is 9.03. The quantitative estimate of drug-likeness (QED) is 0.219. The van der Waals surface area contributed by atoms with Gasteiger partial charge in [0.2, 0.25) is 0 Å². The van der Waals surface area contributed by atoms with E-state index >= 15 is 0 Å². The molecule has 0 N–H and O–H groups in total. The molecule has 0 spiro atoms. The molecule has 5 rings (SSSR count). The molecule has 0 radical (unpaired) electrons. The van der Waals surface area contributed by atoms with Gasteiger partial charge in [0.15, 0.2) is 5.17 Å². The molecule has 1 aliphatic rings. The third-order valence-corrected chi connectivity index (χ3v) is 7.14. The molecule has 184 valence electrons. The van der Waals surface area contributed by atoms with Gasteiger partial charge in [0.25, 0.3) is 5.91 Å². The second kappa shape index (κ2) is 11.4. The summed E-state index contributed by atoms with van der Waals surface area (Å²) in [6.07, 6.45) is 1.83. The molecule has 1 saturated heterocycles. The number of ether oxygens (including phenoxy) is 1. The molecule has 1 heterocycles. The Bertz CT molecular complexity index is 1500. The van der Waals surface area contributed by atoms with Crippen LogP contribution in [-0.2, 0) is 11.4 Å². The van der Waals surface area contributed by atoms with Gasteiger partial charge in [-0.1, -0.05) is 65.1 Å². The number of nitrogens with zero attached hydrogens (tertiary/aromatic N) is 2. The zero-order chi connectivity index (χ0) is 25.8. The number of hydrogen-bond acceptors (Lipinski definition) is 4. The summed E-state index contributed by atoms with van der Waals surface area (Å²) in [5.74, 6) is 0.467. The summed E-state index contributed by atoms with van der Waals surface area (Å²) in [5.41, 5.74) is 3.09. The van der Waals surface area contributed by atoms with E-state index in [4.69, 9.17) is 44.5 Å². The van der Waals surface area contributed by atoms with Gasteiger partial charge in [0, 0.05) is 20.6 Å². The first-order chi connectivity index (χ1) is 18.0. The lowest BCUT2D eigenvalue weighted by atomic mass is 10.1. The van der Waals surface area contributed by atoms with Crippen LogP contribution in [0.4, 0.5) is 11.4 Å². The molecule has 0 atom stereocenters. The van der Waals surface area contributed by atoms with Gasteiger partial charge in [-0.3, -0.25) is 9.69 Å². The Morgan fingerprint density at radius 3 is 2.24 bits per heavy atom. The van der Waals surface area contributed by atoms with E-state index in [2.05, 4.69) is 0 Å². The number of carbonyl (C=O) groups is 1. The van der Waals surface area contributed by atoms with Gasteiger partial charge < -0.3 is 4.74 Å². The van der Waals surface area contributed by atoms with E-state index in [0.29, 0.717) is 48.9 Å². The highest BCUT2D eigenvalue weighted by Gasteiger charge is 2.35. The molecule has 4 nitrogen and oxygen atoms in total. The van der Waals surface area contributed by atoms with Crippen LogP contribution in [0.5, 0.6) is 5.75 Å². The Hall–Kier alpha value is -3.22. The van der Waals surface area contributed by atoms with Crippen LogP contribution in [0.15, 0.2) is 107 Å². The van der Waals surface area contributed by atoms with Gasteiger partial charge in [-0.25, -0.2) is 4.99 Å². The van der Waals surface area contributed by atoms with E-state index in [1.54, 1.807) is 53.4 Å². The molecule has 1 amide bonds. The lowest BCUT2D eigenvalue weighted by Gasteiger charge is -2.15. The maximum Gasteiger partial charge on any atom is 0.271 e. The predicted molar refractivity (Wildman–Crippen MR) is 155 cm³/mol. The van der Waals surface area contributed by atoms with Crippen molar-refractivity contribution < 1.29 is 9.53 Å². The third kappa shape index (κ3) is 6.20. The van der Waals surface area contributed by atoms with Crippen molar-refractivity contribution in [1.29, 1.82) is 0 Å². The Labute approximate surface area is 234 Å². The second-order valence-corrected chi connectivity index (χ2v) is 10.4. The average Bonchev–Trinajstić information content (AvgIpc) is 3.19. The van der Waals surface area contributed by atoms with E-state index in [1.807, 2.05) is 54.6 Å². The SMILES string of the molecule is O=C1/C(=C/c2ccccc2OCc2cccc(Cl)c2)SC(=Nc2ccc(Cl)cc2)N1c1ccc(Cl)cc1. The average molecular weight is 566 g/mol. The van der Waals surface area contributed by atoms with Crippen LogP contribution in [0.1, 0.15) is 11.1 Å². The van der Waals surface area contributed by atoms with E-state index in [9.17, 15) is 4.79 Å². The maximum absolute atomic E-state index is 13.6. The number of carbonyl (C=O) groups excluding carboxylic acids is 1. The minimum absolute atomic E-state index is 0.190. The first-order valence-electron chi connectivity index (χ1n) is 11.3. The minimum Gasteiger partial charge on any atom is -0.488 e. The van der Waals surface area contributed by atoms with Crippen LogP contribution >= 0.6 is 46.6 Å². The summed E-state index contributed by atoms with van der Waals surface area (Å²) in [4.78, 5) is 20.5. The van der Waals surface area contributed by atoms with Crippen molar-refractivity contribution in [2.45, 2.75) is 6.61 Å². The molecule has 0 bridgehead atoms. The van der Waals surface area contributed by atoms with Crippen LogP contribution in [0.3, 0.4) is 0 Å². The number of halogens is 3. The van der Waals surface area contributed by atoms with Gasteiger partial charge in [-0.05, 0) is 90.1 Å². The zero-order valence-corrected chi connectivity index (χ0v) is 22.4. The number of amides is 1. The Balaban J connectivity index is 1.48. The third-order valence-electron chi connectivity index (χ3n) is 5.43. The smallest absolute Gasteiger partial charge is 0.271 e. The Morgan fingerprint density at radius 1 is 0.811 bits per heavy atom. The van der Waals surface area contributed by atoms with Gasteiger partial charge in [-0.15, -0.1) is 0 Å². The number of para-hydroxylation sites is 1. The summed E-state index contributed by atoms with van der Waals surface area (Å²) in [6.45, 7) is 0.349. The topological polar surface area (TPSA) is 41.9 Å². The van der Waals surface area contributed by atoms with Crippen molar-refractivity contribution in [2.75, 3.05) is 4.90 Å². The van der Waals surface area contributed by atoms with Crippen molar-refractivity contribution in [1.82, 2.24) is 0 Å². The van der Waals surface area contributed by atoms with Crippen molar-refractivity contribution >= 4 is 75.1 Å². The normalized spacial score (nSPS) is 15.5. The number of benzene rings is 4. The number of rotatable bonds is 6. The van der Waals surface area contributed by atoms with Crippen LogP contribution in [-0.4, -0.2) is 11.1 Å². The van der Waals surface area contributed by atoms with E-state index < -0.39 is 0 Å². The number of aliphatic imine (C=N–C) groups is 1. The number of hydrogen-bond donors (Lipinski definition) is 0. The highest BCUT2D eigenvalue weighted by Crippen LogP contribution is 2.38. The fourth-order valence-electron chi connectivity index (χ4n) is 3.65. The first-order valence-corrected chi connectivity index (χ1v) is 13.2. The number of amidine groups is 1. The number of anilines is 1. The number of thioether (sulfide) groups is 1. The summed E-state index contributed by atoms with van der Waals surface area (Å²) >= 11 is 19.5. The summed E-state index contributed by atoms with van der Waals surface area (Å²) < 4.78 is 6.09. The van der Waals surface area contributed by atoms with Crippen molar-refractivity contribution in [3.05, 3.63) is 128 Å². The van der Waals surface area contributed by atoms with Crippen molar-refractivity contribution in [3.8, 4) is 5.75 Å². The lowest BCUT2D eigenvalue weighted by Crippen LogP contribution is -2.28. The lowest BCUT2D eigenvalue weighted by molar-refractivity contribution is -0.113. The van der Waals surface area contributed by atoms with Crippen molar-refractivity contribution in [3.63, 3.8) is 0 Å². The molecule has 37 heavy (non-hydrogen) atoms. The molecular weight excluding hydrogens is 547 g/mol. The van der Waals surface area contributed by atoms with Crippen LogP contribution in [0.2, 0.25) is 15.1 Å². The van der Waals surface area contributed by atoms with Gasteiger partial charge >= 0.3 is 0 Å². The molecule has 4 aromatic carbocycles.